The minimum atomic E-state index is -0.126. The van der Waals surface area contributed by atoms with E-state index in [1.807, 2.05) is 24.3 Å². The Kier molecular flexibility index (Phi) is 5.83. The van der Waals surface area contributed by atoms with Crippen LogP contribution in [0.5, 0.6) is 0 Å². The first-order chi connectivity index (χ1) is 12.6. The molecule has 1 amide bonds. The predicted molar refractivity (Wildman–Crippen MR) is 104 cm³/mol. The number of amides is 1. The van der Waals surface area contributed by atoms with E-state index in [1.54, 1.807) is 0 Å². The molecule has 1 aromatic rings. The quantitative estimate of drug-likeness (QED) is 0.853. The first-order valence-corrected chi connectivity index (χ1v) is 9.88. The number of nitrogens with zero attached hydrogens (tertiary/aromatic N) is 3. The van der Waals surface area contributed by atoms with Crippen molar-refractivity contribution >= 4 is 11.6 Å². The minimum Gasteiger partial charge on any atom is -0.369 e. The van der Waals surface area contributed by atoms with E-state index in [0.717, 1.165) is 58.4 Å². The third-order valence-corrected chi connectivity index (χ3v) is 6.34. The molecule has 0 spiro atoms. The van der Waals surface area contributed by atoms with Crippen molar-refractivity contribution in [3.8, 4) is 6.07 Å². The molecule has 0 radical (unpaired) electrons. The first kappa shape index (κ1) is 18.7. The van der Waals surface area contributed by atoms with Gasteiger partial charge in [-0.15, -0.1) is 0 Å². The molecule has 2 heterocycles. The van der Waals surface area contributed by atoms with E-state index in [-0.39, 0.29) is 11.3 Å². The molecule has 0 unspecified atom stereocenters. The molecule has 0 aromatic heterocycles. The second-order valence-electron chi connectivity index (χ2n) is 7.64. The molecular weight excluding hydrogens is 324 g/mol. The molecule has 2 saturated heterocycles. The van der Waals surface area contributed by atoms with Crippen LogP contribution in [0.25, 0.3) is 0 Å². The smallest absolute Gasteiger partial charge is 0.226 e. The Bertz CT molecular complexity index is 652. The van der Waals surface area contributed by atoms with E-state index >= 15 is 0 Å². The van der Waals surface area contributed by atoms with Crippen LogP contribution in [0.2, 0.25) is 0 Å². The molecule has 2 aliphatic heterocycles. The normalized spacial score (nSPS) is 22.9. The van der Waals surface area contributed by atoms with E-state index in [4.69, 9.17) is 5.26 Å². The number of nitriles is 1. The zero-order valence-electron chi connectivity index (χ0n) is 16.0. The van der Waals surface area contributed by atoms with Crippen LogP contribution >= 0.6 is 0 Å². The number of piperazine rings is 1. The summed E-state index contributed by atoms with van der Waals surface area (Å²) in [5, 5.41) is 12.1. The summed E-state index contributed by atoms with van der Waals surface area (Å²) in [6.07, 6.45) is 3.92. The van der Waals surface area contributed by atoms with Gasteiger partial charge in [0.05, 0.1) is 17.0 Å². The number of hydrogen-bond acceptors (Lipinski definition) is 4. The van der Waals surface area contributed by atoms with Gasteiger partial charge >= 0.3 is 0 Å². The summed E-state index contributed by atoms with van der Waals surface area (Å²) < 4.78 is 0. The summed E-state index contributed by atoms with van der Waals surface area (Å²) in [7, 11) is 0. The maximum atomic E-state index is 12.3. The van der Waals surface area contributed by atoms with Crippen molar-refractivity contribution in [3.05, 3.63) is 29.8 Å². The zero-order valence-corrected chi connectivity index (χ0v) is 16.0. The molecule has 3 rings (SSSR count). The Morgan fingerprint density at radius 1 is 1.15 bits per heavy atom. The standard InChI is InChI=1S/C21H30N4O/c1-3-21(4-2)15-18(23-20(21)26)9-10-24-11-13-25(14-12-24)19-7-5-17(16-22)6-8-19/h5-8,18H,3-4,9-15H2,1-2H3,(H,23,26)/t18-/m1/s1. The molecule has 0 aliphatic carbocycles. The zero-order chi connectivity index (χ0) is 18.6. The Morgan fingerprint density at radius 2 is 1.81 bits per heavy atom. The van der Waals surface area contributed by atoms with Crippen molar-refractivity contribution in [2.24, 2.45) is 5.41 Å². The Morgan fingerprint density at radius 3 is 2.35 bits per heavy atom. The number of nitrogens with one attached hydrogen (secondary N) is 1. The topological polar surface area (TPSA) is 59.4 Å². The van der Waals surface area contributed by atoms with Gasteiger partial charge in [0.15, 0.2) is 0 Å². The van der Waals surface area contributed by atoms with Gasteiger partial charge in [0.25, 0.3) is 0 Å². The molecule has 5 nitrogen and oxygen atoms in total. The molecule has 0 saturated carbocycles. The molecule has 26 heavy (non-hydrogen) atoms. The second-order valence-corrected chi connectivity index (χ2v) is 7.64. The third kappa shape index (κ3) is 3.86. The van der Waals surface area contributed by atoms with Gasteiger partial charge in [-0.1, -0.05) is 13.8 Å². The predicted octanol–water partition coefficient (Wildman–Crippen LogP) is 2.77. The lowest BCUT2D eigenvalue weighted by molar-refractivity contribution is -0.128. The molecule has 2 aliphatic rings. The van der Waals surface area contributed by atoms with Crippen LogP contribution in [-0.2, 0) is 4.79 Å². The fourth-order valence-corrected chi connectivity index (χ4v) is 4.30. The van der Waals surface area contributed by atoms with Crippen molar-refractivity contribution in [1.82, 2.24) is 10.2 Å². The number of anilines is 1. The average Bonchev–Trinajstić information content (AvgIpc) is 3.03. The van der Waals surface area contributed by atoms with Gasteiger partial charge in [-0.05, 0) is 49.9 Å². The van der Waals surface area contributed by atoms with Gasteiger partial charge < -0.3 is 10.2 Å². The van der Waals surface area contributed by atoms with E-state index in [9.17, 15) is 4.79 Å². The summed E-state index contributed by atoms with van der Waals surface area (Å²) in [6.45, 7) is 9.44. The summed E-state index contributed by atoms with van der Waals surface area (Å²) in [6, 6.07) is 10.4. The number of rotatable bonds is 6. The Balaban J connectivity index is 1.45. The van der Waals surface area contributed by atoms with E-state index in [2.05, 4.69) is 35.0 Å². The van der Waals surface area contributed by atoms with Crippen LogP contribution in [0.4, 0.5) is 5.69 Å². The van der Waals surface area contributed by atoms with Crippen molar-refractivity contribution in [2.75, 3.05) is 37.6 Å². The number of benzene rings is 1. The van der Waals surface area contributed by atoms with Gasteiger partial charge in [-0.3, -0.25) is 9.69 Å². The Hall–Kier alpha value is -2.06. The lowest BCUT2D eigenvalue weighted by Gasteiger charge is -2.36. The Labute approximate surface area is 157 Å². The monoisotopic (exact) mass is 354 g/mol. The molecule has 1 atom stereocenters. The molecule has 5 heteroatoms. The summed E-state index contributed by atoms with van der Waals surface area (Å²) >= 11 is 0. The van der Waals surface area contributed by atoms with Crippen molar-refractivity contribution in [3.63, 3.8) is 0 Å². The molecule has 1 N–H and O–H groups in total. The minimum absolute atomic E-state index is 0.126. The van der Waals surface area contributed by atoms with Crippen molar-refractivity contribution in [1.29, 1.82) is 5.26 Å². The van der Waals surface area contributed by atoms with Gasteiger partial charge in [0.2, 0.25) is 5.91 Å². The maximum Gasteiger partial charge on any atom is 0.226 e. The van der Waals surface area contributed by atoms with Gasteiger partial charge in [0.1, 0.15) is 0 Å². The van der Waals surface area contributed by atoms with Crippen LogP contribution in [0, 0.1) is 16.7 Å². The highest BCUT2D eigenvalue weighted by Crippen LogP contribution is 2.37. The first-order valence-electron chi connectivity index (χ1n) is 9.88. The number of hydrogen-bond donors (Lipinski definition) is 1. The second kappa shape index (κ2) is 8.09. The van der Waals surface area contributed by atoms with Crippen LogP contribution in [0.1, 0.15) is 45.1 Å². The van der Waals surface area contributed by atoms with Crippen LogP contribution in [0.15, 0.2) is 24.3 Å². The van der Waals surface area contributed by atoms with E-state index in [0.29, 0.717) is 11.6 Å². The van der Waals surface area contributed by atoms with Gasteiger partial charge in [-0.25, -0.2) is 0 Å². The van der Waals surface area contributed by atoms with Crippen LogP contribution < -0.4 is 10.2 Å². The van der Waals surface area contributed by atoms with E-state index in [1.165, 1.54) is 5.69 Å². The van der Waals surface area contributed by atoms with Gasteiger partial charge in [-0.2, -0.15) is 5.26 Å². The highest BCUT2D eigenvalue weighted by atomic mass is 16.2. The molecule has 140 valence electrons. The SMILES string of the molecule is CCC1(CC)C[C@@H](CCN2CCN(c3ccc(C#N)cc3)CC2)NC1=O. The maximum absolute atomic E-state index is 12.3. The average molecular weight is 354 g/mol. The highest BCUT2D eigenvalue weighted by Gasteiger charge is 2.43. The van der Waals surface area contributed by atoms with Gasteiger partial charge in [0, 0.05) is 44.5 Å². The molecule has 1 aromatic carbocycles. The van der Waals surface area contributed by atoms with Crippen molar-refractivity contribution < 1.29 is 4.79 Å². The van der Waals surface area contributed by atoms with Crippen molar-refractivity contribution in [2.45, 2.75) is 45.6 Å². The summed E-state index contributed by atoms with van der Waals surface area (Å²) in [5.74, 6) is 0.262. The molecule has 0 bridgehead atoms. The third-order valence-electron chi connectivity index (χ3n) is 6.34. The number of carbonyl (C=O) groups is 1. The van der Waals surface area contributed by atoms with Crippen LogP contribution in [-0.4, -0.2) is 49.6 Å². The number of carbonyl (C=O) groups excluding carboxylic acids is 1. The largest absolute Gasteiger partial charge is 0.369 e. The highest BCUT2D eigenvalue weighted by molar-refractivity contribution is 5.85. The lowest BCUT2D eigenvalue weighted by Crippen LogP contribution is -2.47. The summed E-state index contributed by atoms with van der Waals surface area (Å²) in [5.41, 5.74) is 1.78. The van der Waals surface area contributed by atoms with Crippen LogP contribution in [0.3, 0.4) is 0 Å². The fourth-order valence-electron chi connectivity index (χ4n) is 4.30. The summed E-state index contributed by atoms with van der Waals surface area (Å²) in [4.78, 5) is 17.2. The molecular formula is C21H30N4O. The molecule has 2 fully saturated rings. The van der Waals surface area contributed by atoms with E-state index < -0.39 is 0 Å². The fraction of sp³-hybridized carbons (Fsp3) is 0.619. The lowest BCUT2D eigenvalue weighted by atomic mass is 9.79.